The molecule has 2 aromatic carbocycles. The second-order valence-electron chi connectivity index (χ2n) is 7.52. The fourth-order valence-corrected chi connectivity index (χ4v) is 4.69. The Morgan fingerprint density at radius 2 is 1.00 bits per heavy atom. The minimum atomic E-state index is 0.402. The summed E-state index contributed by atoms with van der Waals surface area (Å²) in [5.41, 5.74) is 8.60. The van der Waals surface area contributed by atoms with Crippen LogP contribution < -0.4 is 0 Å². The molecular weight excluding hydrogens is 296 g/mol. The lowest BCUT2D eigenvalue weighted by molar-refractivity contribution is 0.455. The molecule has 2 aromatic rings. The van der Waals surface area contributed by atoms with Gasteiger partial charge in [-0.1, -0.05) is 12.1 Å². The molecule has 24 heavy (non-hydrogen) atoms. The average molecular weight is 322 g/mol. The van der Waals surface area contributed by atoms with Crippen LogP contribution in [0, 0.1) is 13.8 Å². The number of benzene rings is 2. The molecule has 0 unspecified atom stereocenters. The summed E-state index contributed by atoms with van der Waals surface area (Å²) in [5, 5.41) is 22.0. The third kappa shape index (κ3) is 2.31. The summed E-state index contributed by atoms with van der Waals surface area (Å²) in [5.74, 6) is 0.803. The highest BCUT2D eigenvalue weighted by molar-refractivity contribution is 5.84. The molecule has 0 fully saturated rings. The number of aromatic hydroxyl groups is 2. The highest BCUT2D eigenvalue weighted by Gasteiger charge is 2.25. The van der Waals surface area contributed by atoms with E-state index in [1.165, 1.54) is 24.0 Å². The number of aryl methyl sites for hydroxylation is 4. The molecule has 2 heteroatoms. The van der Waals surface area contributed by atoms with Crippen molar-refractivity contribution in [1.29, 1.82) is 0 Å². The summed E-state index contributed by atoms with van der Waals surface area (Å²) in [7, 11) is 0. The standard InChI is InChI=1S/C22H26O2/c1-13-11-15-7-3-5-9-17(15)21(23)19(13)20-14(2)12-16-8-4-6-10-18(16)22(20)24/h11-12,23-24H,3-10H2,1-2H3. The molecule has 0 amide bonds. The van der Waals surface area contributed by atoms with Crippen molar-refractivity contribution in [3.63, 3.8) is 0 Å². The van der Waals surface area contributed by atoms with Gasteiger partial charge in [0.2, 0.25) is 0 Å². The summed E-state index contributed by atoms with van der Waals surface area (Å²) < 4.78 is 0. The van der Waals surface area contributed by atoms with Crippen molar-refractivity contribution >= 4 is 0 Å². The summed E-state index contributed by atoms with van der Waals surface area (Å²) in [6.45, 7) is 4.12. The van der Waals surface area contributed by atoms with Crippen molar-refractivity contribution in [2.45, 2.75) is 65.2 Å². The number of rotatable bonds is 1. The highest BCUT2D eigenvalue weighted by atomic mass is 16.3. The van der Waals surface area contributed by atoms with Gasteiger partial charge in [-0.15, -0.1) is 0 Å². The van der Waals surface area contributed by atoms with Crippen LogP contribution in [0.5, 0.6) is 11.5 Å². The Morgan fingerprint density at radius 1 is 0.625 bits per heavy atom. The Hall–Kier alpha value is -1.96. The monoisotopic (exact) mass is 322 g/mol. The van der Waals surface area contributed by atoms with Crippen LogP contribution in [0.2, 0.25) is 0 Å². The smallest absolute Gasteiger partial charge is 0.127 e. The first-order valence-corrected chi connectivity index (χ1v) is 9.27. The topological polar surface area (TPSA) is 40.5 Å². The third-order valence-electron chi connectivity index (χ3n) is 5.89. The van der Waals surface area contributed by atoms with Gasteiger partial charge in [-0.3, -0.25) is 0 Å². The number of fused-ring (bicyclic) bond motifs is 2. The van der Waals surface area contributed by atoms with Crippen LogP contribution in [0.1, 0.15) is 59.1 Å². The Kier molecular flexibility index (Phi) is 3.79. The van der Waals surface area contributed by atoms with E-state index >= 15 is 0 Å². The van der Waals surface area contributed by atoms with Gasteiger partial charge in [0.1, 0.15) is 11.5 Å². The minimum Gasteiger partial charge on any atom is -0.507 e. The van der Waals surface area contributed by atoms with Crippen molar-refractivity contribution in [3.05, 3.63) is 45.5 Å². The molecule has 2 aliphatic carbocycles. The maximum absolute atomic E-state index is 11.0. The van der Waals surface area contributed by atoms with Gasteiger partial charge < -0.3 is 10.2 Å². The van der Waals surface area contributed by atoms with Crippen LogP contribution in [0.3, 0.4) is 0 Å². The molecule has 4 rings (SSSR count). The fraction of sp³-hybridized carbons (Fsp3) is 0.455. The summed E-state index contributed by atoms with van der Waals surface area (Å²) in [6, 6.07) is 4.45. The lowest BCUT2D eigenvalue weighted by Gasteiger charge is -2.25. The normalized spacial score (nSPS) is 16.6. The van der Waals surface area contributed by atoms with E-state index < -0.39 is 0 Å². The molecule has 2 aliphatic rings. The summed E-state index contributed by atoms with van der Waals surface area (Å²) in [4.78, 5) is 0. The second-order valence-corrected chi connectivity index (χ2v) is 7.52. The molecule has 0 aromatic heterocycles. The summed E-state index contributed by atoms with van der Waals surface area (Å²) in [6.07, 6.45) is 8.68. The van der Waals surface area contributed by atoms with Crippen molar-refractivity contribution in [2.24, 2.45) is 0 Å². The Bertz CT molecular complexity index is 748. The van der Waals surface area contributed by atoms with E-state index in [1.54, 1.807) is 0 Å². The van der Waals surface area contributed by atoms with Crippen LogP contribution in [-0.2, 0) is 25.7 Å². The van der Waals surface area contributed by atoms with E-state index in [1.807, 2.05) is 0 Å². The number of hydrogen-bond acceptors (Lipinski definition) is 2. The lowest BCUT2D eigenvalue weighted by atomic mass is 9.81. The number of phenols is 2. The molecule has 0 saturated carbocycles. The predicted octanol–water partition coefficient (Wildman–Crippen LogP) is 5.14. The van der Waals surface area contributed by atoms with Crippen molar-refractivity contribution < 1.29 is 10.2 Å². The minimum absolute atomic E-state index is 0.402. The molecule has 0 spiro atoms. The first-order chi connectivity index (χ1) is 11.6. The molecule has 0 saturated heterocycles. The second kappa shape index (κ2) is 5.84. The molecule has 0 heterocycles. The zero-order chi connectivity index (χ0) is 16.8. The molecule has 126 valence electrons. The van der Waals surface area contributed by atoms with Crippen LogP contribution in [0.4, 0.5) is 0 Å². The van der Waals surface area contributed by atoms with Gasteiger partial charge in [0.05, 0.1) is 0 Å². The molecule has 0 bridgehead atoms. The fourth-order valence-electron chi connectivity index (χ4n) is 4.69. The number of hydrogen-bond donors (Lipinski definition) is 2. The molecule has 0 aliphatic heterocycles. The van der Waals surface area contributed by atoms with Gasteiger partial charge in [0, 0.05) is 11.1 Å². The molecule has 0 radical (unpaired) electrons. The zero-order valence-electron chi connectivity index (χ0n) is 14.7. The Morgan fingerprint density at radius 3 is 1.42 bits per heavy atom. The van der Waals surface area contributed by atoms with Crippen molar-refractivity contribution in [2.75, 3.05) is 0 Å². The first-order valence-electron chi connectivity index (χ1n) is 9.27. The quantitative estimate of drug-likeness (QED) is 0.763. The summed E-state index contributed by atoms with van der Waals surface area (Å²) >= 11 is 0. The molecule has 0 atom stereocenters. The number of phenolic OH excluding ortho intramolecular Hbond substituents is 2. The highest BCUT2D eigenvalue weighted by Crippen LogP contribution is 2.47. The van der Waals surface area contributed by atoms with E-state index in [0.717, 1.165) is 71.9 Å². The predicted molar refractivity (Wildman–Crippen MR) is 98.0 cm³/mol. The lowest BCUT2D eigenvalue weighted by Crippen LogP contribution is -2.07. The van der Waals surface area contributed by atoms with Crippen LogP contribution in [0.25, 0.3) is 11.1 Å². The van der Waals surface area contributed by atoms with Crippen molar-refractivity contribution in [1.82, 2.24) is 0 Å². The van der Waals surface area contributed by atoms with Gasteiger partial charge in [-0.05, 0) is 98.6 Å². The molecule has 2 N–H and O–H groups in total. The van der Waals surface area contributed by atoms with Gasteiger partial charge in [-0.2, -0.15) is 0 Å². The van der Waals surface area contributed by atoms with Crippen molar-refractivity contribution in [3.8, 4) is 22.6 Å². The van der Waals surface area contributed by atoms with Crippen LogP contribution >= 0.6 is 0 Å². The van der Waals surface area contributed by atoms with E-state index in [4.69, 9.17) is 0 Å². The Balaban J connectivity index is 1.97. The zero-order valence-corrected chi connectivity index (χ0v) is 14.7. The largest absolute Gasteiger partial charge is 0.507 e. The van der Waals surface area contributed by atoms with Crippen LogP contribution in [-0.4, -0.2) is 10.2 Å². The average Bonchev–Trinajstić information content (AvgIpc) is 2.57. The van der Waals surface area contributed by atoms with Gasteiger partial charge in [-0.25, -0.2) is 0 Å². The van der Waals surface area contributed by atoms with E-state index in [0.29, 0.717) is 11.5 Å². The van der Waals surface area contributed by atoms with Gasteiger partial charge in [0.25, 0.3) is 0 Å². The third-order valence-corrected chi connectivity index (χ3v) is 5.89. The Labute approximate surface area is 144 Å². The SMILES string of the molecule is Cc1cc2c(c(O)c1-c1c(C)cc3c(c1O)CCCC3)CCCC2. The van der Waals surface area contributed by atoms with E-state index in [2.05, 4.69) is 26.0 Å². The van der Waals surface area contributed by atoms with Gasteiger partial charge >= 0.3 is 0 Å². The molecule has 2 nitrogen and oxygen atoms in total. The molecular formula is C22H26O2. The van der Waals surface area contributed by atoms with Crippen LogP contribution in [0.15, 0.2) is 12.1 Å². The van der Waals surface area contributed by atoms with Gasteiger partial charge in [0.15, 0.2) is 0 Å². The van der Waals surface area contributed by atoms with E-state index in [-0.39, 0.29) is 0 Å². The maximum atomic E-state index is 11.0. The van der Waals surface area contributed by atoms with E-state index in [9.17, 15) is 10.2 Å². The maximum Gasteiger partial charge on any atom is 0.127 e. The first kappa shape index (κ1) is 15.6.